The average molecular weight is 459 g/mol. The molecule has 34 heavy (non-hydrogen) atoms. The van der Waals surface area contributed by atoms with Crippen LogP contribution in [0.3, 0.4) is 0 Å². The van der Waals surface area contributed by atoms with E-state index in [4.69, 9.17) is 9.47 Å². The van der Waals surface area contributed by atoms with Crippen LogP contribution in [0.2, 0.25) is 0 Å². The summed E-state index contributed by atoms with van der Waals surface area (Å²) in [4.78, 5) is 23.8. The SMILES string of the molecule is Cc1ccccc1OCC(=O)NN=Cc1ccc(C=NNC(=O)COc2ccccc2C)cc1. The summed E-state index contributed by atoms with van der Waals surface area (Å²) in [6.07, 6.45) is 3.05. The minimum Gasteiger partial charge on any atom is -0.483 e. The summed E-state index contributed by atoms with van der Waals surface area (Å²) in [6, 6.07) is 22.2. The first-order chi connectivity index (χ1) is 16.5. The predicted octanol–water partition coefficient (Wildman–Crippen LogP) is 3.36. The lowest BCUT2D eigenvalue weighted by Gasteiger charge is -2.07. The Morgan fingerprint density at radius 3 is 1.44 bits per heavy atom. The fraction of sp³-hybridized carbons (Fsp3) is 0.154. The van der Waals surface area contributed by atoms with E-state index in [9.17, 15) is 9.59 Å². The standard InChI is InChI=1S/C26H26N4O4/c1-19-7-3-5-9-23(19)33-17-25(31)29-27-15-21-11-13-22(14-12-21)16-28-30-26(32)18-34-24-10-6-4-8-20(24)2/h3-16H,17-18H2,1-2H3,(H,29,31)(H,30,32). The van der Waals surface area contributed by atoms with E-state index in [0.29, 0.717) is 11.5 Å². The topological polar surface area (TPSA) is 101 Å². The lowest BCUT2D eigenvalue weighted by Crippen LogP contribution is -2.24. The van der Waals surface area contributed by atoms with Gasteiger partial charge in [-0.2, -0.15) is 10.2 Å². The molecule has 0 fully saturated rings. The maximum atomic E-state index is 11.9. The molecule has 0 saturated carbocycles. The molecule has 3 aromatic carbocycles. The van der Waals surface area contributed by atoms with Gasteiger partial charge in [-0.15, -0.1) is 0 Å². The van der Waals surface area contributed by atoms with Crippen molar-refractivity contribution in [3.63, 3.8) is 0 Å². The van der Waals surface area contributed by atoms with Crippen LogP contribution in [0, 0.1) is 13.8 Å². The van der Waals surface area contributed by atoms with Crippen LogP contribution in [0.15, 0.2) is 83.0 Å². The van der Waals surface area contributed by atoms with Gasteiger partial charge in [0.2, 0.25) is 0 Å². The maximum absolute atomic E-state index is 11.9. The molecular weight excluding hydrogens is 432 g/mol. The first kappa shape index (κ1) is 24.2. The second-order valence-electron chi connectivity index (χ2n) is 7.36. The summed E-state index contributed by atoms with van der Waals surface area (Å²) in [5.41, 5.74) is 8.34. The minimum atomic E-state index is -0.356. The molecule has 3 aromatic rings. The Morgan fingerprint density at radius 2 is 1.06 bits per heavy atom. The second-order valence-corrected chi connectivity index (χ2v) is 7.36. The third kappa shape index (κ3) is 7.90. The molecule has 174 valence electrons. The highest BCUT2D eigenvalue weighted by Crippen LogP contribution is 2.16. The molecule has 8 heteroatoms. The monoisotopic (exact) mass is 458 g/mol. The largest absolute Gasteiger partial charge is 0.483 e. The normalized spacial score (nSPS) is 10.9. The molecule has 0 heterocycles. The number of hydrogen-bond donors (Lipinski definition) is 2. The van der Waals surface area contributed by atoms with Gasteiger partial charge in [0.15, 0.2) is 13.2 Å². The van der Waals surface area contributed by atoms with Crippen LogP contribution < -0.4 is 20.3 Å². The van der Waals surface area contributed by atoms with Crippen LogP contribution in [0.5, 0.6) is 11.5 Å². The number of carbonyl (C=O) groups is 2. The summed E-state index contributed by atoms with van der Waals surface area (Å²) in [5, 5.41) is 7.87. The third-order valence-electron chi connectivity index (χ3n) is 4.65. The number of hydrogen-bond acceptors (Lipinski definition) is 6. The lowest BCUT2D eigenvalue weighted by molar-refractivity contribution is -0.123. The molecule has 0 aliphatic heterocycles. The van der Waals surface area contributed by atoms with E-state index < -0.39 is 0 Å². The van der Waals surface area contributed by atoms with Crippen LogP contribution in [0.1, 0.15) is 22.3 Å². The summed E-state index contributed by atoms with van der Waals surface area (Å²) in [7, 11) is 0. The van der Waals surface area contributed by atoms with Gasteiger partial charge in [0.1, 0.15) is 11.5 Å². The van der Waals surface area contributed by atoms with Gasteiger partial charge in [-0.1, -0.05) is 60.7 Å². The van der Waals surface area contributed by atoms with Crippen LogP contribution in [0.4, 0.5) is 0 Å². The van der Waals surface area contributed by atoms with Crippen molar-refractivity contribution in [3.8, 4) is 11.5 Å². The quantitative estimate of drug-likeness (QED) is 0.359. The van der Waals surface area contributed by atoms with Crippen LogP contribution >= 0.6 is 0 Å². The Labute approximate surface area is 198 Å². The van der Waals surface area contributed by atoms with Gasteiger partial charge in [-0.3, -0.25) is 9.59 Å². The molecule has 0 aliphatic rings. The number of carbonyl (C=O) groups excluding carboxylic acids is 2. The van der Waals surface area contributed by atoms with Crippen molar-refractivity contribution in [3.05, 3.63) is 95.1 Å². The van der Waals surface area contributed by atoms with Crippen molar-refractivity contribution >= 4 is 24.2 Å². The molecule has 0 saturated heterocycles. The van der Waals surface area contributed by atoms with Gasteiger partial charge in [0.05, 0.1) is 12.4 Å². The molecule has 0 aromatic heterocycles. The van der Waals surface area contributed by atoms with Crippen molar-refractivity contribution in [2.24, 2.45) is 10.2 Å². The molecular formula is C26H26N4O4. The minimum absolute atomic E-state index is 0.126. The van der Waals surface area contributed by atoms with E-state index in [-0.39, 0.29) is 25.0 Å². The van der Waals surface area contributed by atoms with Crippen molar-refractivity contribution in [1.29, 1.82) is 0 Å². The van der Waals surface area contributed by atoms with E-state index >= 15 is 0 Å². The van der Waals surface area contributed by atoms with Crippen molar-refractivity contribution in [2.75, 3.05) is 13.2 Å². The van der Waals surface area contributed by atoms with Crippen molar-refractivity contribution in [1.82, 2.24) is 10.9 Å². The number of benzene rings is 3. The Balaban J connectivity index is 1.38. The fourth-order valence-electron chi connectivity index (χ4n) is 2.81. The number of amides is 2. The highest BCUT2D eigenvalue weighted by molar-refractivity contribution is 5.86. The molecule has 0 radical (unpaired) electrons. The Hall–Kier alpha value is -4.46. The van der Waals surface area contributed by atoms with Gasteiger partial charge in [0, 0.05) is 0 Å². The zero-order valence-corrected chi connectivity index (χ0v) is 19.0. The number of para-hydroxylation sites is 2. The number of nitrogens with zero attached hydrogens (tertiary/aromatic N) is 2. The first-order valence-electron chi connectivity index (χ1n) is 10.6. The van der Waals surface area contributed by atoms with E-state index in [1.807, 2.05) is 86.6 Å². The number of nitrogens with one attached hydrogen (secondary N) is 2. The lowest BCUT2D eigenvalue weighted by atomic mass is 10.2. The van der Waals surface area contributed by atoms with Crippen LogP contribution in [-0.4, -0.2) is 37.5 Å². The molecule has 2 N–H and O–H groups in total. The van der Waals surface area contributed by atoms with E-state index in [2.05, 4.69) is 21.1 Å². The Kier molecular flexibility index (Phi) is 8.92. The summed E-state index contributed by atoms with van der Waals surface area (Å²) >= 11 is 0. The predicted molar refractivity (Wildman–Crippen MR) is 131 cm³/mol. The van der Waals surface area contributed by atoms with Gasteiger partial charge >= 0.3 is 0 Å². The Morgan fingerprint density at radius 1 is 0.676 bits per heavy atom. The van der Waals surface area contributed by atoms with Gasteiger partial charge < -0.3 is 9.47 Å². The third-order valence-corrected chi connectivity index (χ3v) is 4.65. The smallest absolute Gasteiger partial charge is 0.277 e. The summed E-state index contributed by atoms with van der Waals surface area (Å²) in [5.74, 6) is 0.610. The van der Waals surface area contributed by atoms with Crippen LogP contribution in [0.25, 0.3) is 0 Å². The molecule has 0 unspecified atom stereocenters. The molecule has 0 atom stereocenters. The maximum Gasteiger partial charge on any atom is 0.277 e. The average Bonchev–Trinajstić information content (AvgIpc) is 2.84. The Bertz CT molecular complexity index is 1080. The van der Waals surface area contributed by atoms with E-state index in [0.717, 1.165) is 22.3 Å². The van der Waals surface area contributed by atoms with E-state index in [1.54, 1.807) is 0 Å². The first-order valence-corrected chi connectivity index (χ1v) is 10.6. The van der Waals surface area contributed by atoms with Gasteiger partial charge in [0.25, 0.3) is 11.8 Å². The van der Waals surface area contributed by atoms with Gasteiger partial charge in [-0.05, 0) is 48.2 Å². The summed E-state index contributed by atoms with van der Waals surface area (Å²) < 4.78 is 11.0. The number of ether oxygens (including phenoxy) is 2. The molecule has 2 amide bonds. The number of hydrazone groups is 2. The molecule has 0 bridgehead atoms. The zero-order chi connectivity index (χ0) is 24.2. The highest BCUT2D eigenvalue weighted by Gasteiger charge is 2.04. The zero-order valence-electron chi connectivity index (χ0n) is 19.0. The van der Waals surface area contributed by atoms with Crippen molar-refractivity contribution in [2.45, 2.75) is 13.8 Å². The second kappa shape index (κ2) is 12.5. The number of aryl methyl sites for hydroxylation is 2. The number of rotatable bonds is 10. The van der Waals surface area contributed by atoms with Crippen LogP contribution in [-0.2, 0) is 9.59 Å². The van der Waals surface area contributed by atoms with E-state index in [1.165, 1.54) is 12.4 Å². The highest BCUT2D eigenvalue weighted by atomic mass is 16.5. The molecule has 0 spiro atoms. The molecule has 3 rings (SSSR count). The fourth-order valence-corrected chi connectivity index (χ4v) is 2.81. The van der Waals surface area contributed by atoms with Crippen molar-refractivity contribution < 1.29 is 19.1 Å². The molecule has 0 aliphatic carbocycles. The van der Waals surface area contributed by atoms with Gasteiger partial charge in [-0.25, -0.2) is 10.9 Å². The molecule has 8 nitrogen and oxygen atoms in total. The summed E-state index contributed by atoms with van der Waals surface area (Å²) in [6.45, 7) is 3.57.